The number of thiophene rings is 1. The summed E-state index contributed by atoms with van der Waals surface area (Å²) in [7, 11) is 0. The first-order valence-corrected chi connectivity index (χ1v) is 21.0. The summed E-state index contributed by atoms with van der Waals surface area (Å²) in [6, 6.07) is 73.2. The molecule has 0 saturated heterocycles. The van der Waals surface area contributed by atoms with Gasteiger partial charge in [-0.15, -0.1) is 11.3 Å². The Morgan fingerprint density at radius 3 is 1.52 bits per heavy atom. The van der Waals surface area contributed by atoms with Crippen LogP contribution >= 0.6 is 11.3 Å². The minimum Gasteiger partial charge on any atom is -0.309 e. The third-order valence-corrected chi connectivity index (χ3v) is 12.9. The molecule has 0 bridgehead atoms. The molecule has 0 fully saturated rings. The minimum absolute atomic E-state index is 0.617. The van der Waals surface area contributed by atoms with E-state index in [1.165, 1.54) is 47.3 Å². The Hall–Kier alpha value is -7.73. The molecule has 0 saturated carbocycles. The summed E-state index contributed by atoms with van der Waals surface area (Å²) >= 11 is 1.86. The fourth-order valence-electron chi connectivity index (χ4n) is 8.84. The number of nitrogens with zero attached hydrogens (tertiary/aromatic N) is 4. The Morgan fingerprint density at radius 1 is 0.350 bits per heavy atom. The maximum absolute atomic E-state index is 5.24. The Balaban J connectivity index is 1.03. The van der Waals surface area contributed by atoms with Crippen molar-refractivity contribution in [1.29, 1.82) is 0 Å². The van der Waals surface area contributed by atoms with Crippen molar-refractivity contribution in [3.8, 4) is 62.1 Å². The molecule has 3 heterocycles. The topological polar surface area (TPSA) is 43.6 Å². The van der Waals surface area contributed by atoms with Gasteiger partial charge in [0.15, 0.2) is 17.5 Å². The second kappa shape index (κ2) is 14.0. The van der Waals surface area contributed by atoms with Crippen LogP contribution in [0.2, 0.25) is 0 Å². The van der Waals surface area contributed by atoms with E-state index in [0.29, 0.717) is 17.5 Å². The molecule has 9 aromatic carbocycles. The summed E-state index contributed by atoms with van der Waals surface area (Å²) in [5.74, 6) is 1.87. The van der Waals surface area contributed by atoms with Gasteiger partial charge in [-0.25, -0.2) is 15.0 Å². The van der Waals surface area contributed by atoms with Gasteiger partial charge >= 0.3 is 0 Å². The van der Waals surface area contributed by atoms with Crippen molar-refractivity contribution in [2.45, 2.75) is 0 Å². The molecule has 3 aromatic heterocycles. The Labute approximate surface area is 350 Å². The first-order chi connectivity index (χ1) is 29.7. The quantitative estimate of drug-likeness (QED) is 0.169. The average molecular weight is 783 g/mol. The fourth-order valence-corrected chi connectivity index (χ4v) is 10.1. The standard InChI is InChI=1S/C55H34N4S/c1-3-15-35(16-4-1)41-32-31-40(34-49(41)59-47-24-12-9-21-43(47)44-22-10-13-25-48(44)59)55-57-53(37-17-5-2-6-18-37)56-54(58-55)38-29-27-36(28-30-38)46-33-39-19-7-8-20-42(39)51-45-23-11-14-26-50(45)60-52(46)51/h1-34H. The normalized spacial score (nSPS) is 11.7. The lowest BCUT2D eigenvalue weighted by Gasteiger charge is -2.16. The number of rotatable bonds is 6. The average Bonchev–Trinajstić information content (AvgIpc) is 3.88. The van der Waals surface area contributed by atoms with Gasteiger partial charge in [-0.3, -0.25) is 0 Å². The van der Waals surface area contributed by atoms with E-state index in [0.717, 1.165) is 50.1 Å². The van der Waals surface area contributed by atoms with Crippen molar-refractivity contribution in [3.05, 3.63) is 206 Å². The SMILES string of the molecule is c1ccc(-c2nc(-c3ccc(-c4cc5ccccc5c5c4sc4ccccc45)cc3)nc(-c3ccc(-c4ccccc4)c(-n4c5ccccc5c5ccccc54)c3)n2)cc1. The lowest BCUT2D eigenvalue weighted by Crippen LogP contribution is -2.02. The van der Waals surface area contributed by atoms with Crippen LogP contribution in [0.25, 0.3) is 115 Å². The maximum atomic E-state index is 5.24. The molecule has 0 aliphatic carbocycles. The smallest absolute Gasteiger partial charge is 0.164 e. The molecular weight excluding hydrogens is 749 g/mol. The van der Waals surface area contributed by atoms with E-state index in [1.54, 1.807) is 0 Å². The summed E-state index contributed by atoms with van der Waals surface area (Å²) < 4.78 is 4.98. The predicted molar refractivity (Wildman–Crippen MR) is 252 cm³/mol. The zero-order valence-corrected chi connectivity index (χ0v) is 33.1. The van der Waals surface area contributed by atoms with Crippen LogP contribution in [0.1, 0.15) is 0 Å². The maximum Gasteiger partial charge on any atom is 0.164 e. The molecule has 0 aliphatic rings. The van der Waals surface area contributed by atoms with Crippen molar-refractivity contribution in [3.63, 3.8) is 0 Å². The van der Waals surface area contributed by atoms with Crippen LogP contribution < -0.4 is 0 Å². The van der Waals surface area contributed by atoms with Crippen molar-refractivity contribution in [1.82, 2.24) is 19.5 Å². The second-order valence-corrected chi connectivity index (χ2v) is 16.2. The summed E-state index contributed by atoms with van der Waals surface area (Å²) in [6.07, 6.45) is 0. The van der Waals surface area contributed by atoms with E-state index in [2.05, 4.69) is 193 Å². The number of aromatic nitrogens is 4. The molecule has 0 atom stereocenters. The molecule has 5 heteroatoms. The minimum atomic E-state index is 0.617. The monoisotopic (exact) mass is 782 g/mol. The van der Waals surface area contributed by atoms with Crippen LogP contribution in [-0.4, -0.2) is 19.5 Å². The van der Waals surface area contributed by atoms with Crippen molar-refractivity contribution in [2.24, 2.45) is 0 Å². The van der Waals surface area contributed by atoms with E-state index < -0.39 is 0 Å². The molecule has 0 radical (unpaired) electrons. The molecular formula is C55H34N4S. The molecule has 4 nitrogen and oxygen atoms in total. The molecule has 0 amide bonds. The van der Waals surface area contributed by atoms with Crippen LogP contribution in [0.3, 0.4) is 0 Å². The van der Waals surface area contributed by atoms with Gasteiger partial charge in [0.2, 0.25) is 0 Å². The summed E-state index contributed by atoms with van der Waals surface area (Å²) in [5, 5.41) is 7.57. The number of benzene rings is 9. The highest BCUT2D eigenvalue weighted by Gasteiger charge is 2.20. The van der Waals surface area contributed by atoms with Gasteiger partial charge in [-0.05, 0) is 52.2 Å². The van der Waals surface area contributed by atoms with Gasteiger partial charge in [-0.1, -0.05) is 176 Å². The zero-order chi connectivity index (χ0) is 39.6. The van der Waals surface area contributed by atoms with E-state index in [1.807, 2.05) is 29.5 Å². The van der Waals surface area contributed by atoms with Crippen molar-refractivity contribution in [2.75, 3.05) is 0 Å². The van der Waals surface area contributed by atoms with E-state index in [-0.39, 0.29) is 0 Å². The van der Waals surface area contributed by atoms with Gasteiger partial charge in [0, 0.05) is 58.8 Å². The van der Waals surface area contributed by atoms with Crippen LogP contribution in [0, 0.1) is 0 Å². The highest BCUT2D eigenvalue weighted by atomic mass is 32.1. The number of hydrogen-bond acceptors (Lipinski definition) is 4. The molecule has 0 unspecified atom stereocenters. The fraction of sp³-hybridized carbons (Fsp3) is 0. The van der Waals surface area contributed by atoms with Crippen LogP contribution in [-0.2, 0) is 0 Å². The van der Waals surface area contributed by atoms with Gasteiger partial charge < -0.3 is 4.57 Å². The number of para-hydroxylation sites is 2. The van der Waals surface area contributed by atoms with Gasteiger partial charge in [0.25, 0.3) is 0 Å². The van der Waals surface area contributed by atoms with Gasteiger partial charge in [0.1, 0.15) is 0 Å². The summed E-state index contributed by atoms with van der Waals surface area (Å²) in [5.41, 5.74) is 10.8. The van der Waals surface area contributed by atoms with E-state index in [9.17, 15) is 0 Å². The number of hydrogen-bond donors (Lipinski definition) is 0. The van der Waals surface area contributed by atoms with Crippen molar-refractivity contribution >= 4 is 64.1 Å². The van der Waals surface area contributed by atoms with Crippen molar-refractivity contribution < 1.29 is 0 Å². The molecule has 0 spiro atoms. The molecule has 280 valence electrons. The third kappa shape index (κ3) is 5.63. The Morgan fingerprint density at radius 2 is 0.833 bits per heavy atom. The lowest BCUT2D eigenvalue weighted by molar-refractivity contribution is 1.07. The van der Waals surface area contributed by atoms with Crippen LogP contribution in [0.4, 0.5) is 0 Å². The summed E-state index contributed by atoms with van der Waals surface area (Å²) in [6.45, 7) is 0. The molecule has 0 N–H and O–H groups in total. The van der Waals surface area contributed by atoms with Crippen LogP contribution in [0.15, 0.2) is 206 Å². The van der Waals surface area contributed by atoms with Crippen LogP contribution in [0.5, 0.6) is 0 Å². The van der Waals surface area contributed by atoms with Gasteiger partial charge in [0.05, 0.1) is 16.7 Å². The van der Waals surface area contributed by atoms with E-state index in [4.69, 9.17) is 15.0 Å². The van der Waals surface area contributed by atoms with E-state index >= 15 is 0 Å². The first kappa shape index (κ1) is 34.3. The predicted octanol–water partition coefficient (Wildman–Crippen LogP) is 14.8. The Bertz CT molecular complexity index is 3530. The Kier molecular flexibility index (Phi) is 8.00. The molecule has 12 aromatic rings. The highest BCUT2D eigenvalue weighted by molar-refractivity contribution is 7.26. The molecule has 60 heavy (non-hydrogen) atoms. The number of fused-ring (bicyclic) bond motifs is 8. The molecule has 12 rings (SSSR count). The third-order valence-electron chi connectivity index (χ3n) is 11.7. The molecule has 0 aliphatic heterocycles. The second-order valence-electron chi connectivity index (χ2n) is 15.2. The zero-order valence-electron chi connectivity index (χ0n) is 32.3. The summed E-state index contributed by atoms with van der Waals surface area (Å²) in [4.78, 5) is 15.5. The lowest BCUT2D eigenvalue weighted by atomic mass is 9.96. The van der Waals surface area contributed by atoms with Gasteiger partial charge in [-0.2, -0.15) is 0 Å². The highest BCUT2D eigenvalue weighted by Crippen LogP contribution is 2.44. The largest absolute Gasteiger partial charge is 0.309 e. The first-order valence-electron chi connectivity index (χ1n) is 20.2.